The molecule has 3 aromatic rings. The maximum atomic E-state index is 12.6. The summed E-state index contributed by atoms with van der Waals surface area (Å²) >= 11 is 5.89. The molecule has 2 heterocycles. The average molecular weight is 366 g/mol. The molecule has 0 unspecified atom stereocenters. The summed E-state index contributed by atoms with van der Waals surface area (Å²) < 4.78 is 0. The Morgan fingerprint density at radius 1 is 1.04 bits per heavy atom. The molecule has 0 spiro atoms. The summed E-state index contributed by atoms with van der Waals surface area (Å²) in [6.07, 6.45) is 3.31. The van der Waals surface area contributed by atoms with Gasteiger partial charge in [-0.3, -0.25) is 4.79 Å². The molecule has 0 radical (unpaired) electrons. The molecule has 1 aliphatic rings. The number of nitrogens with zero attached hydrogens (tertiary/aromatic N) is 2. The Bertz CT molecular complexity index is 918. The van der Waals surface area contributed by atoms with Crippen molar-refractivity contribution in [2.75, 3.05) is 23.3 Å². The van der Waals surface area contributed by atoms with Crippen LogP contribution in [-0.4, -0.2) is 24.0 Å². The monoisotopic (exact) mass is 365 g/mol. The molecule has 1 saturated heterocycles. The van der Waals surface area contributed by atoms with Gasteiger partial charge in [0.05, 0.1) is 5.02 Å². The molecule has 1 amide bonds. The number of fused-ring (bicyclic) bond motifs is 1. The van der Waals surface area contributed by atoms with Crippen LogP contribution in [0.25, 0.3) is 10.8 Å². The second kappa shape index (κ2) is 7.34. The predicted octanol–water partition coefficient (Wildman–Crippen LogP) is 4.74. The maximum absolute atomic E-state index is 12.6. The van der Waals surface area contributed by atoms with Gasteiger partial charge in [0.1, 0.15) is 5.82 Å². The molecule has 2 aromatic carbocycles. The van der Waals surface area contributed by atoms with Gasteiger partial charge in [-0.05, 0) is 47.9 Å². The van der Waals surface area contributed by atoms with Crippen molar-refractivity contribution in [3.05, 3.63) is 65.8 Å². The van der Waals surface area contributed by atoms with E-state index in [0.29, 0.717) is 5.02 Å². The largest absolute Gasteiger partial charge is 0.357 e. The van der Waals surface area contributed by atoms with Crippen molar-refractivity contribution in [2.45, 2.75) is 12.8 Å². The van der Waals surface area contributed by atoms with Crippen LogP contribution in [0.3, 0.4) is 0 Å². The normalized spacial score (nSPS) is 15.2. The Morgan fingerprint density at radius 3 is 2.54 bits per heavy atom. The molecule has 1 N–H and O–H groups in total. The van der Waals surface area contributed by atoms with Crippen LogP contribution < -0.4 is 10.2 Å². The minimum absolute atomic E-state index is 0.0324. The first-order valence-corrected chi connectivity index (χ1v) is 9.23. The van der Waals surface area contributed by atoms with Crippen molar-refractivity contribution < 1.29 is 4.79 Å². The highest BCUT2D eigenvalue weighted by Crippen LogP contribution is 2.25. The number of rotatable bonds is 3. The first-order valence-electron chi connectivity index (χ1n) is 8.85. The van der Waals surface area contributed by atoms with E-state index in [1.165, 1.54) is 5.39 Å². The second-order valence-corrected chi connectivity index (χ2v) is 7.08. The quantitative estimate of drug-likeness (QED) is 0.728. The molecule has 5 heteroatoms. The Labute approximate surface area is 157 Å². The molecule has 1 fully saturated rings. The van der Waals surface area contributed by atoms with Gasteiger partial charge in [-0.25, -0.2) is 4.98 Å². The van der Waals surface area contributed by atoms with Crippen LogP contribution in [0.15, 0.2) is 60.8 Å². The molecule has 4 nitrogen and oxygen atoms in total. The zero-order valence-corrected chi connectivity index (χ0v) is 15.1. The van der Waals surface area contributed by atoms with E-state index in [0.717, 1.165) is 42.8 Å². The lowest BCUT2D eigenvalue weighted by Gasteiger charge is -2.32. The number of anilines is 2. The van der Waals surface area contributed by atoms with Crippen LogP contribution >= 0.6 is 11.6 Å². The van der Waals surface area contributed by atoms with Crippen LogP contribution in [-0.2, 0) is 4.79 Å². The number of benzene rings is 2. The van der Waals surface area contributed by atoms with Gasteiger partial charge in [0.25, 0.3) is 0 Å². The molecule has 1 aliphatic heterocycles. The smallest absolute Gasteiger partial charge is 0.227 e. The van der Waals surface area contributed by atoms with E-state index in [9.17, 15) is 4.79 Å². The Hall–Kier alpha value is -2.59. The van der Waals surface area contributed by atoms with E-state index in [2.05, 4.69) is 27.3 Å². The molecular weight excluding hydrogens is 346 g/mol. The SMILES string of the molecule is O=C(Nc1ccc2ccccc2c1)C1CCN(c2ccc(Cl)cn2)CC1. The minimum Gasteiger partial charge on any atom is -0.357 e. The van der Waals surface area contributed by atoms with E-state index in [1.54, 1.807) is 6.20 Å². The minimum atomic E-state index is 0.0324. The fraction of sp³-hybridized carbons (Fsp3) is 0.238. The number of amides is 1. The number of hydrogen-bond donors (Lipinski definition) is 1. The Morgan fingerprint density at radius 2 is 1.81 bits per heavy atom. The van der Waals surface area contributed by atoms with Crippen molar-refractivity contribution in [2.24, 2.45) is 5.92 Å². The Balaban J connectivity index is 1.37. The van der Waals surface area contributed by atoms with E-state index < -0.39 is 0 Å². The van der Waals surface area contributed by atoms with Gasteiger partial charge in [0.15, 0.2) is 0 Å². The summed E-state index contributed by atoms with van der Waals surface area (Å²) in [7, 11) is 0. The van der Waals surface area contributed by atoms with Crippen LogP contribution in [0.5, 0.6) is 0 Å². The summed E-state index contributed by atoms with van der Waals surface area (Å²) in [4.78, 5) is 19.2. The highest BCUT2D eigenvalue weighted by atomic mass is 35.5. The summed E-state index contributed by atoms with van der Waals surface area (Å²) in [5.74, 6) is 1.05. The number of hydrogen-bond acceptors (Lipinski definition) is 3. The highest BCUT2D eigenvalue weighted by Gasteiger charge is 2.25. The third-order valence-electron chi connectivity index (χ3n) is 4.92. The van der Waals surface area contributed by atoms with Crippen molar-refractivity contribution in [3.63, 3.8) is 0 Å². The predicted molar refractivity (Wildman–Crippen MR) is 107 cm³/mol. The molecule has 132 valence electrons. The summed E-state index contributed by atoms with van der Waals surface area (Å²) in [5.41, 5.74) is 0.857. The molecule has 0 bridgehead atoms. The van der Waals surface area contributed by atoms with Crippen LogP contribution in [0, 0.1) is 5.92 Å². The number of pyridine rings is 1. The van der Waals surface area contributed by atoms with E-state index in [1.807, 2.05) is 42.5 Å². The lowest BCUT2D eigenvalue weighted by molar-refractivity contribution is -0.120. The zero-order chi connectivity index (χ0) is 17.9. The lowest BCUT2D eigenvalue weighted by Crippen LogP contribution is -2.38. The van der Waals surface area contributed by atoms with Crippen molar-refractivity contribution in [3.8, 4) is 0 Å². The number of aromatic nitrogens is 1. The number of nitrogens with one attached hydrogen (secondary N) is 1. The first kappa shape index (κ1) is 16.9. The van der Waals surface area contributed by atoms with Gasteiger partial charge in [0.2, 0.25) is 5.91 Å². The fourth-order valence-electron chi connectivity index (χ4n) is 3.44. The number of halogens is 1. The maximum Gasteiger partial charge on any atom is 0.227 e. The third kappa shape index (κ3) is 3.65. The van der Waals surface area contributed by atoms with Crippen LogP contribution in [0.4, 0.5) is 11.5 Å². The molecule has 0 atom stereocenters. The van der Waals surface area contributed by atoms with Crippen LogP contribution in [0.2, 0.25) is 5.02 Å². The summed E-state index contributed by atoms with van der Waals surface area (Å²) in [5, 5.41) is 6.02. The third-order valence-corrected chi connectivity index (χ3v) is 5.14. The molecule has 26 heavy (non-hydrogen) atoms. The number of piperidine rings is 1. The molecule has 0 aliphatic carbocycles. The highest BCUT2D eigenvalue weighted by molar-refractivity contribution is 6.30. The van der Waals surface area contributed by atoms with Gasteiger partial charge in [-0.15, -0.1) is 0 Å². The van der Waals surface area contributed by atoms with Gasteiger partial charge in [-0.2, -0.15) is 0 Å². The molecule has 4 rings (SSSR count). The van der Waals surface area contributed by atoms with E-state index >= 15 is 0 Å². The second-order valence-electron chi connectivity index (χ2n) is 6.65. The van der Waals surface area contributed by atoms with Gasteiger partial charge in [0, 0.05) is 30.9 Å². The summed E-state index contributed by atoms with van der Waals surface area (Å²) in [6, 6.07) is 18.0. The topological polar surface area (TPSA) is 45.2 Å². The van der Waals surface area contributed by atoms with E-state index in [4.69, 9.17) is 11.6 Å². The molecular formula is C21H20ClN3O. The number of carbonyl (C=O) groups excluding carboxylic acids is 1. The molecule has 1 aromatic heterocycles. The van der Waals surface area contributed by atoms with Crippen molar-refractivity contribution in [1.82, 2.24) is 4.98 Å². The zero-order valence-electron chi connectivity index (χ0n) is 14.4. The van der Waals surface area contributed by atoms with Gasteiger partial charge in [-0.1, -0.05) is 41.9 Å². The van der Waals surface area contributed by atoms with Crippen LogP contribution in [0.1, 0.15) is 12.8 Å². The average Bonchev–Trinajstić information content (AvgIpc) is 2.68. The van der Waals surface area contributed by atoms with Crippen molar-refractivity contribution in [1.29, 1.82) is 0 Å². The lowest BCUT2D eigenvalue weighted by atomic mass is 9.95. The fourth-order valence-corrected chi connectivity index (χ4v) is 3.55. The van der Waals surface area contributed by atoms with Crippen molar-refractivity contribution >= 4 is 39.8 Å². The number of carbonyl (C=O) groups is 1. The van der Waals surface area contributed by atoms with E-state index in [-0.39, 0.29) is 11.8 Å². The Kier molecular flexibility index (Phi) is 4.76. The first-order chi connectivity index (χ1) is 12.7. The molecule has 0 saturated carbocycles. The summed E-state index contributed by atoms with van der Waals surface area (Å²) in [6.45, 7) is 1.65. The standard InChI is InChI=1S/C21H20ClN3O/c22-18-6-8-20(23-14-18)25-11-9-16(10-12-25)21(26)24-19-7-5-15-3-1-2-4-17(15)13-19/h1-8,13-14,16H,9-12H2,(H,24,26). The van der Waals surface area contributed by atoms with Gasteiger partial charge < -0.3 is 10.2 Å². The van der Waals surface area contributed by atoms with Gasteiger partial charge >= 0.3 is 0 Å².